The maximum absolute atomic E-state index is 12.5. The highest BCUT2D eigenvalue weighted by molar-refractivity contribution is 9.10. The van der Waals surface area contributed by atoms with E-state index in [2.05, 4.69) is 20.9 Å². The number of nitrogens with zero attached hydrogens (tertiary/aromatic N) is 2. The fourth-order valence-corrected chi connectivity index (χ4v) is 1.64. The number of hydrogen-bond acceptors (Lipinski definition) is 1. The van der Waals surface area contributed by atoms with Crippen LogP contribution in [0, 0.1) is 0 Å². The molecular weight excluding hydrogens is 261 g/mol. The molecule has 6 heteroatoms. The van der Waals surface area contributed by atoms with Gasteiger partial charge in [0, 0.05) is 6.20 Å². The van der Waals surface area contributed by atoms with Crippen molar-refractivity contribution in [2.75, 3.05) is 0 Å². The topological polar surface area (TPSA) is 17.3 Å². The monoisotopic (exact) mass is 264 g/mol. The number of halogens is 4. The highest BCUT2D eigenvalue weighted by Crippen LogP contribution is 2.32. The van der Waals surface area contributed by atoms with Crippen molar-refractivity contribution in [1.82, 2.24) is 9.38 Å². The number of fused-ring (bicyclic) bond motifs is 1. The van der Waals surface area contributed by atoms with Gasteiger partial charge in [-0.25, -0.2) is 4.98 Å². The lowest BCUT2D eigenvalue weighted by Gasteiger charge is -2.07. The Kier molecular flexibility index (Phi) is 2.02. The van der Waals surface area contributed by atoms with Crippen molar-refractivity contribution in [1.29, 1.82) is 0 Å². The summed E-state index contributed by atoms with van der Waals surface area (Å²) in [4.78, 5) is 3.75. The molecule has 0 spiro atoms. The van der Waals surface area contributed by atoms with Crippen molar-refractivity contribution in [3.63, 3.8) is 0 Å². The Labute approximate surface area is 85.5 Å². The number of hydrogen-bond donors (Lipinski definition) is 0. The average molecular weight is 265 g/mol. The first-order valence-corrected chi connectivity index (χ1v) is 4.48. The van der Waals surface area contributed by atoms with E-state index < -0.39 is 11.7 Å². The zero-order chi connectivity index (χ0) is 10.3. The van der Waals surface area contributed by atoms with Crippen molar-refractivity contribution in [2.24, 2.45) is 0 Å². The van der Waals surface area contributed by atoms with Gasteiger partial charge < -0.3 is 0 Å². The maximum Gasteiger partial charge on any atom is 0.418 e. The molecule has 74 valence electrons. The quantitative estimate of drug-likeness (QED) is 0.715. The van der Waals surface area contributed by atoms with Crippen molar-refractivity contribution < 1.29 is 13.2 Å². The Hall–Kier alpha value is -1.04. The molecule has 2 aromatic rings. The summed E-state index contributed by atoms with van der Waals surface area (Å²) in [5.41, 5.74) is -0.634. The van der Waals surface area contributed by atoms with Crippen LogP contribution in [0.2, 0.25) is 0 Å². The normalized spacial score (nSPS) is 12.3. The van der Waals surface area contributed by atoms with Crippen molar-refractivity contribution in [2.45, 2.75) is 6.18 Å². The molecule has 0 saturated carbocycles. The lowest BCUT2D eigenvalue weighted by molar-refractivity contribution is -0.136. The van der Waals surface area contributed by atoms with E-state index in [0.29, 0.717) is 4.73 Å². The van der Waals surface area contributed by atoms with Crippen LogP contribution >= 0.6 is 15.9 Å². The molecule has 0 atom stereocenters. The van der Waals surface area contributed by atoms with Gasteiger partial charge in [0.1, 0.15) is 0 Å². The van der Waals surface area contributed by atoms with Gasteiger partial charge in [-0.15, -0.1) is 0 Å². The maximum atomic E-state index is 12.5. The molecule has 0 amide bonds. The molecule has 0 aromatic carbocycles. The third-order valence-electron chi connectivity index (χ3n) is 1.83. The minimum absolute atomic E-state index is 0.0480. The van der Waals surface area contributed by atoms with E-state index in [1.807, 2.05) is 0 Å². The molecule has 0 fully saturated rings. The van der Waals surface area contributed by atoms with Gasteiger partial charge in [0.05, 0.1) is 17.3 Å². The van der Waals surface area contributed by atoms with E-state index in [-0.39, 0.29) is 5.52 Å². The van der Waals surface area contributed by atoms with Crippen LogP contribution in [-0.2, 0) is 6.18 Å². The Morgan fingerprint density at radius 2 is 2.07 bits per heavy atom. The number of pyridine rings is 1. The van der Waals surface area contributed by atoms with Crippen LogP contribution < -0.4 is 0 Å². The number of alkyl halides is 3. The van der Waals surface area contributed by atoms with Crippen LogP contribution in [0.25, 0.3) is 5.52 Å². The van der Waals surface area contributed by atoms with Gasteiger partial charge >= 0.3 is 6.18 Å². The third-order valence-corrected chi connectivity index (χ3v) is 2.42. The highest BCUT2D eigenvalue weighted by atomic mass is 79.9. The van der Waals surface area contributed by atoms with Crippen molar-refractivity contribution in [3.8, 4) is 0 Å². The molecule has 0 N–H and O–H groups in total. The molecule has 14 heavy (non-hydrogen) atoms. The molecule has 0 bridgehead atoms. The molecule has 2 aromatic heterocycles. The highest BCUT2D eigenvalue weighted by Gasteiger charge is 2.33. The Balaban J connectivity index is 2.79. The largest absolute Gasteiger partial charge is 0.418 e. The van der Waals surface area contributed by atoms with Crippen LogP contribution in [0.3, 0.4) is 0 Å². The van der Waals surface area contributed by atoms with Crippen molar-refractivity contribution in [3.05, 3.63) is 34.8 Å². The van der Waals surface area contributed by atoms with Gasteiger partial charge in [0.25, 0.3) is 0 Å². The Morgan fingerprint density at radius 3 is 2.71 bits per heavy atom. The Morgan fingerprint density at radius 1 is 1.36 bits per heavy atom. The summed E-state index contributed by atoms with van der Waals surface area (Å²) in [5, 5.41) is 0. The van der Waals surface area contributed by atoms with E-state index >= 15 is 0 Å². The standard InChI is InChI=1S/C8H4BrF3N2/c9-7-13-4-6-5(8(10,11)12)2-1-3-14(6)7/h1-4H. The Bertz CT molecular complexity index is 475. The summed E-state index contributed by atoms with van der Waals surface area (Å²) in [6, 6.07) is 2.37. The van der Waals surface area contributed by atoms with Crippen LogP contribution in [0.15, 0.2) is 29.3 Å². The second-order valence-corrected chi connectivity index (χ2v) is 3.41. The van der Waals surface area contributed by atoms with Gasteiger partial charge in [-0.1, -0.05) is 0 Å². The SMILES string of the molecule is FC(F)(F)c1cccn2c(Br)ncc12. The lowest BCUT2D eigenvalue weighted by atomic mass is 10.2. The first kappa shape index (κ1) is 9.51. The van der Waals surface area contributed by atoms with Crippen LogP contribution in [0.4, 0.5) is 13.2 Å². The van der Waals surface area contributed by atoms with Gasteiger partial charge in [-0.2, -0.15) is 13.2 Å². The van der Waals surface area contributed by atoms with Gasteiger partial charge in [0.15, 0.2) is 4.73 Å². The summed E-state index contributed by atoms with van der Waals surface area (Å²) in [6.07, 6.45) is -1.64. The first-order valence-electron chi connectivity index (χ1n) is 3.69. The molecular formula is C8H4BrF3N2. The second-order valence-electron chi connectivity index (χ2n) is 2.70. The lowest BCUT2D eigenvalue weighted by Crippen LogP contribution is -2.06. The summed E-state index contributed by atoms with van der Waals surface area (Å²) >= 11 is 3.05. The number of rotatable bonds is 0. The number of imidazole rings is 1. The minimum Gasteiger partial charge on any atom is -0.294 e. The first-order chi connectivity index (χ1) is 6.50. The predicted octanol–water partition coefficient (Wildman–Crippen LogP) is 3.12. The summed E-state index contributed by atoms with van der Waals surface area (Å²) < 4.78 is 39.1. The average Bonchev–Trinajstić information content (AvgIpc) is 2.46. The molecule has 0 unspecified atom stereocenters. The molecule has 0 saturated heterocycles. The third kappa shape index (κ3) is 1.39. The fraction of sp³-hybridized carbons (Fsp3) is 0.125. The molecule has 0 aliphatic rings. The van der Waals surface area contributed by atoms with Gasteiger partial charge in [-0.05, 0) is 28.1 Å². The van der Waals surface area contributed by atoms with E-state index in [9.17, 15) is 13.2 Å². The molecule has 2 rings (SSSR count). The van der Waals surface area contributed by atoms with Crippen LogP contribution in [0.1, 0.15) is 5.56 Å². The fourth-order valence-electron chi connectivity index (χ4n) is 1.23. The summed E-state index contributed by atoms with van der Waals surface area (Å²) in [6.45, 7) is 0. The van der Waals surface area contributed by atoms with E-state index in [4.69, 9.17) is 0 Å². The minimum atomic E-state index is -4.35. The zero-order valence-corrected chi connectivity index (χ0v) is 8.30. The van der Waals surface area contributed by atoms with Crippen LogP contribution in [-0.4, -0.2) is 9.38 Å². The van der Waals surface area contributed by atoms with E-state index in [0.717, 1.165) is 6.07 Å². The second kappa shape index (κ2) is 2.98. The van der Waals surface area contributed by atoms with E-state index in [1.165, 1.54) is 22.9 Å². The molecule has 0 aliphatic heterocycles. The molecule has 0 aliphatic carbocycles. The zero-order valence-electron chi connectivity index (χ0n) is 6.72. The smallest absolute Gasteiger partial charge is 0.294 e. The predicted molar refractivity (Wildman–Crippen MR) is 47.9 cm³/mol. The van der Waals surface area contributed by atoms with E-state index in [1.54, 1.807) is 0 Å². The summed E-state index contributed by atoms with van der Waals surface area (Å²) in [5.74, 6) is 0. The molecule has 2 nitrogen and oxygen atoms in total. The molecule has 0 radical (unpaired) electrons. The van der Waals surface area contributed by atoms with Crippen LogP contribution in [0.5, 0.6) is 0 Å². The van der Waals surface area contributed by atoms with Crippen molar-refractivity contribution >= 4 is 21.4 Å². The van der Waals surface area contributed by atoms with Gasteiger partial charge in [0.2, 0.25) is 0 Å². The molecule has 2 heterocycles. The van der Waals surface area contributed by atoms with Gasteiger partial charge in [-0.3, -0.25) is 4.40 Å². The summed E-state index contributed by atoms with van der Waals surface area (Å²) in [7, 11) is 0. The number of aromatic nitrogens is 2.